The minimum Gasteiger partial charge on any atom is -0.481 e. The Balaban J connectivity index is 2.02. The van der Waals surface area contributed by atoms with Crippen LogP contribution in [-0.4, -0.2) is 35.5 Å². The Kier molecular flexibility index (Phi) is 6.56. The zero-order chi connectivity index (χ0) is 18.4. The summed E-state index contributed by atoms with van der Waals surface area (Å²) >= 11 is 6.04. The second-order valence-corrected chi connectivity index (χ2v) is 6.48. The lowest BCUT2D eigenvalue weighted by Crippen LogP contribution is -2.28. The summed E-state index contributed by atoms with van der Waals surface area (Å²) in [5.74, 6) is -1.52. The molecule has 0 heterocycles. The SMILES string of the molecule is CC(CN(C)Cc1cccc(NC(=O)c2ccccc2Cl)c1)C(=O)O. The summed E-state index contributed by atoms with van der Waals surface area (Å²) in [5, 5.41) is 12.2. The number of benzene rings is 2. The van der Waals surface area contributed by atoms with Crippen LogP contribution in [-0.2, 0) is 11.3 Å². The molecule has 0 radical (unpaired) electrons. The Morgan fingerprint density at radius 3 is 2.60 bits per heavy atom. The Bertz CT molecular complexity index is 764. The van der Waals surface area contributed by atoms with Crippen LogP contribution >= 0.6 is 11.6 Å². The van der Waals surface area contributed by atoms with E-state index in [4.69, 9.17) is 16.7 Å². The number of amides is 1. The van der Waals surface area contributed by atoms with E-state index >= 15 is 0 Å². The van der Waals surface area contributed by atoms with E-state index in [1.54, 1.807) is 37.3 Å². The van der Waals surface area contributed by atoms with Crippen molar-refractivity contribution >= 4 is 29.2 Å². The Hall–Kier alpha value is -2.37. The van der Waals surface area contributed by atoms with Gasteiger partial charge in [0.1, 0.15) is 0 Å². The predicted molar refractivity (Wildman–Crippen MR) is 99.0 cm³/mol. The highest BCUT2D eigenvalue weighted by Crippen LogP contribution is 2.18. The van der Waals surface area contributed by atoms with Crippen LogP contribution in [0.5, 0.6) is 0 Å². The zero-order valence-electron chi connectivity index (χ0n) is 14.2. The molecule has 0 bridgehead atoms. The average molecular weight is 361 g/mol. The molecule has 1 amide bonds. The molecule has 0 aliphatic rings. The number of hydrogen-bond donors (Lipinski definition) is 2. The lowest BCUT2D eigenvalue weighted by molar-refractivity contribution is -0.141. The normalized spacial score (nSPS) is 12.0. The molecule has 1 unspecified atom stereocenters. The van der Waals surface area contributed by atoms with Gasteiger partial charge in [-0.05, 0) is 36.9 Å². The third-order valence-electron chi connectivity index (χ3n) is 3.76. The third kappa shape index (κ3) is 5.59. The average Bonchev–Trinajstić information content (AvgIpc) is 2.55. The van der Waals surface area contributed by atoms with Gasteiger partial charge in [0.05, 0.1) is 16.5 Å². The van der Waals surface area contributed by atoms with Crippen molar-refractivity contribution in [1.29, 1.82) is 0 Å². The van der Waals surface area contributed by atoms with Crippen LogP contribution in [0, 0.1) is 5.92 Å². The molecule has 0 saturated heterocycles. The van der Waals surface area contributed by atoms with Crippen LogP contribution in [0.2, 0.25) is 5.02 Å². The molecule has 1 atom stereocenters. The summed E-state index contributed by atoms with van der Waals surface area (Å²) in [6, 6.07) is 14.3. The van der Waals surface area contributed by atoms with Crippen molar-refractivity contribution < 1.29 is 14.7 Å². The van der Waals surface area contributed by atoms with Crippen molar-refractivity contribution in [3.05, 3.63) is 64.7 Å². The fourth-order valence-electron chi connectivity index (χ4n) is 2.51. The molecule has 2 rings (SSSR count). The standard InChI is InChI=1S/C19H21ClN2O3/c1-13(19(24)25)11-22(2)12-14-6-5-7-15(10-14)21-18(23)16-8-3-4-9-17(16)20/h3-10,13H,11-12H2,1-2H3,(H,21,23)(H,24,25). The lowest BCUT2D eigenvalue weighted by Gasteiger charge is -2.19. The maximum Gasteiger partial charge on any atom is 0.307 e. The number of halogens is 1. The van der Waals surface area contributed by atoms with E-state index in [1.165, 1.54) is 0 Å². The minimum absolute atomic E-state index is 0.268. The second kappa shape index (κ2) is 8.65. The predicted octanol–water partition coefficient (Wildman–Crippen LogP) is 3.74. The highest BCUT2D eigenvalue weighted by Gasteiger charge is 2.14. The zero-order valence-corrected chi connectivity index (χ0v) is 15.0. The van der Waals surface area contributed by atoms with Crippen LogP contribution < -0.4 is 5.32 Å². The monoisotopic (exact) mass is 360 g/mol. The second-order valence-electron chi connectivity index (χ2n) is 6.07. The first kappa shape index (κ1) is 19.0. The van der Waals surface area contributed by atoms with Crippen molar-refractivity contribution in [2.24, 2.45) is 5.92 Å². The van der Waals surface area contributed by atoms with Gasteiger partial charge in [-0.2, -0.15) is 0 Å². The van der Waals surface area contributed by atoms with Crippen molar-refractivity contribution in [3.63, 3.8) is 0 Å². The molecule has 2 aromatic carbocycles. The molecule has 132 valence electrons. The van der Waals surface area contributed by atoms with Gasteiger partial charge in [-0.1, -0.05) is 42.8 Å². The molecule has 6 heteroatoms. The first-order valence-corrected chi connectivity index (χ1v) is 8.31. The lowest BCUT2D eigenvalue weighted by atomic mass is 10.1. The summed E-state index contributed by atoms with van der Waals surface area (Å²) in [5.41, 5.74) is 2.07. The molecular formula is C19H21ClN2O3. The number of hydrogen-bond acceptors (Lipinski definition) is 3. The van der Waals surface area contributed by atoms with E-state index in [-0.39, 0.29) is 5.91 Å². The van der Waals surface area contributed by atoms with Crippen molar-refractivity contribution in [1.82, 2.24) is 4.90 Å². The minimum atomic E-state index is -0.812. The highest BCUT2D eigenvalue weighted by molar-refractivity contribution is 6.34. The molecule has 0 saturated carbocycles. The van der Waals surface area contributed by atoms with Crippen molar-refractivity contribution in [2.45, 2.75) is 13.5 Å². The van der Waals surface area contributed by atoms with Crippen LogP contribution in [0.25, 0.3) is 0 Å². The van der Waals surface area contributed by atoms with Gasteiger partial charge in [-0.15, -0.1) is 0 Å². The van der Waals surface area contributed by atoms with Gasteiger partial charge in [0.25, 0.3) is 5.91 Å². The molecule has 25 heavy (non-hydrogen) atoms. The van der Waals surface area contributed by atoms with E-state index in [0.29, 0.717) is 29.4 Å². The number of nitrogens with one attached hydrogen (secondary N) is 1. The molecule has 0 fully saturated rings. The Morgan fingerprint density at radius 2 is 1.92 bits per heavy atom. The Morgan fingerprint density at radius 1 is 1.20 bits per heavy atom. The highest BCUT2D eigenvalue weighted by atomic mass is 35.5. The van der Waals surface area contributed by atoms with Crippen LogP contribution in [0.4, 0.5) is 5.69 Å². The summed E-state index contributed by atoms with van der Waals surface area (Å²) in [4.78, 5) is 25.2. The van der Waals surface area contributed by atoms with Crippen LogP contribution in [0.1, 0.15) is 22.8 Å². The smallest absolute Gasteiger partial charge is 0.307 e. The van der Waals surface area contributed by atoms with Crippen molar-refractivity contribution in [2.75, 3.05) is 18.9 Å². The number of carbonyl (C=O) groups excluding carboxylic acids is 1. The summed E-state index contributed by atoms with van der Waals surface area (Å²) in [6.07, 6.45) is 0. The summed E-state index contributed by atoms with van der Waals surface area (Å²) in [7, 11) is 1.87. The van der Waals surface area contributed by atoms with Gasteiger partial charge in [0, 0.05) is 18.8 Å². The molecule has 0 aliphatic heterocycles. The van der Waals surface area contributed by atoms with E-state index in [0.717, 1.165) is 5.56 Å². The van der Waals surface area contributed by atoms with E-state index in [9.17, 15) is 9.59 Å². The number of carboxylic acid groups (broad SMARTS) is 1. The molecule has 0 aliphatic carbocycles. The number of nitrogens with zero attached hydrogens (tertiary/aromatic N) is 1. The fraction of sp³-hybridized carbons (Fsp3) is 0.263. The largest absolute Gasteiger partial charge is 0.481 e. The van der Waals surface area contributed by atoms with Gasteiger partial charge in [-0.25, -0.2) is 0 Å². The summed E-state index contributed by atoms with van der Waals surface area (Å²) < 4.78 is 0. The number of aliphatic carboxylic acids is 1. The quantitative estimate of drug-likeness (QED) is 0.789. The van der Waals surface area contributed by atoms with Crippen molar-refractivity contribution in [3.8, 4) is 0 Å². The van der Waals surface area contributed by atoms with Gasteiger partial charge >= 0.3 is 5.97 Å². The molecule has 0 spiro atoms. The fourth-order valence-corrected chi connectivity index (χ4v) is 2.73. The molecule has 2 aromatic rings. The number of carboxylic acids is 1. The number of anilines is 1. The molecule has 5 nitrogen and oxygen atoms in total. The van der Waals surface area contributed by atoms with E-state index < -0.39 is 11.9 Å². The topological polar surface area (TPSA) is 69.6 Å². The maximum absolute atomic E-state index is 12.3. The van der Waals surface area contributed by atoms with E-state index in [2.05, 4.69) is 5.32 Å². The summed E-state index contributed by atoms with van der Waals surface area (Å²) in [6.45, 7) is 2.72. The van der Waals surface area contributed by atoms with Gasteiger partial charge in [0.2, 0.25) is 0 Å². The maximum atomic E-state index is 12.3. The molecule has 2 N–H and O–H groups in total. The molecule has 0 aromatic heterocycles. The third-order valence-corrected chi connectivity index (χ3v) is 4.09. The number of rotatable bonds is 7. The molecular weight excluding hydrogens is 340 g/mol. The first-order chi connectivity index (χ1) is 11.9. The number of carbonyl (C=O) groups is 2. The Labute approximate surface area is 152 Å². The van der Waals surface area contributed by atoms with E-state index in [1.807, 2.05) is 30.1 Å². The van der Waals surface area contributed by atoms with Crippen LogP contribution in [0.3, 0.4) is 0 Å². The van der Waals surface area contributed by atoms with Gasteiger partial charge < -0.3 is 15.3 Å². The van der Waals surface area contributed by atoms with Gasteiger partial charge in [0.15, 0.2) is 0 Å². The van der Waals surface area contributed by atoms with Crippen LogP contribution in [0.15, 0.2) is 48.5 Å². The first-order valence-electron chi connectivity index (χ1n) is 7.93. The van der Waals surface area contributed by atoms with Gasteiger partial charge in [-0.3, -0.25) is 9.59 Å².